The molecule has 1 amide bonds. The maximum absolute atomic E-state index is 11.9. The van der Waals surface area contributed by atoms with Gasteiger partial charge in [-0.25, -0.2) is 4.79 Å². The van der Waals surface area contributed by atoms with Crippen LogP contribution in [0.4, 0.5) is 0 Å². The highest BCUT2D eigenvalue weighted by atomic mass is 16.5. The van der Waals surface area contributed by atoms with Gasteiger partial charge in [-0.15, -0.1) is 0 Å². The van der Waals surface area contributed by atoms with Crippen LogP contribution in [-0.2, 0) is 17.6 Å². The average molecular weight is 378 g/mol. The van der Waals surface area contributed by atoms with Crippen LogP contribution in [0.1, 0.15) is 16.8 Å². The Bertz CT molecular complexity index is 1040. The molecule has 0 bridgehead atoms. The Balaban J connectivity index is 1.46. The van der Waals surface area contributed by atoms with Crippen LogP contribution in [-0.4, -0.2) is 27.5 Å². The largest absolute Gasteiger partial charge is 0.493 e. The molecule has 3 aromatic rings. The molecule has 3 rings (SSSR count). The quantitative estimate of drug-likeness (QED) is 0.499. The lowest BCUT2D eigenvalue weighted by atomic mass is 10.1. The summed E-state index contributed by atoms with van der Waals surface area (Å²) in [5.41, 5.74) is 1.20. The van der Waals surface area contributed by atoms with E-state index in [1.807, 2.05) is 24.3 Å². The van der Waals surface area contributed by atoms with Crippen molar-refractivity contribution in [2.75, 3.05) is 6.54 Å². The number of hydrogen-bond acceptors (Lipinski definition) is 5. The minimum Gasteiger partial charge on any atom is -0.493 e. The maximum atomic E-state index is 11.9. The third-order valence-corrected chi connectivity index (χ3v) is 4.00. The third kappa shape index (κ3) is 5.02. The van der Waals surface area contributed by atoms with Gasteiger partial charge < -0.3 is 20.1 Å². The minimum absolute atomic E-state index is 0.109. The Kier molecular flexibility index (Phi) is 5.77. The van der Waals surface area contributed by atoms with Crippen LogP contribution < -0.4 is 15.7 Å². The number of nitrogens with one attached hydrogen (secondary N) is 3. The monoisotopic (exact) mass is 378 g/mol. The molecule has 28 heavy (non-hydrogen) atoms. The molecule has 0 aliphatic rings. The first-order valence-electron chi connectivity index (χ1n) is 8.57. The second kappa shape index (κ2) is 8.60. The lowest BCUT2D eigenvalue weighted by molar-refractivity contribution is -0.120. The van der Waals surface area contributed by atoms with Crippen LogP contribution in [0.15, 0.2) is 53.3 Å². The van der Waals surface area contributed by atoms with Crippen molar-refractivity contribution in [3.63, 3.8) is 0 Å². The first kappa shape index (κ1) is 18.8. The van der Waals surface area contributed by atoms with Crippen LogP contribution in [0, 0.1) is 11.3 Å². The Morgan fingerprint density at radius 2 is 1.71 bits per heavy atom. The summed E-state index contributed by atoms with van der Waals surface area (Å²) in [6, 6.07) is 16.4. The van der Waals surface area contributed by atoms with Crippen molar-refractivity contribution in [2.45, 2.75) is 12.8 Å². The van der Waals surface area contributed by atoms with Crippen molar-refractivity contribution in [3.05, 3.63) is 75.8 Å². The predicted molar refractivity (Wildman–Crippen MR) is 101 cm³/mol. The van der Waals surface area contributed by atoms with Gasteiger partial charge in [0.15, 0.2) is 0 Å². The van der Waals surface area contributed by atoms with Crippen molar-refractivity contribution in [3.8, 4) is 23.4 Å². The predicted octanol–water partition coefficient (Wildman–Crippen LogP) is 1.97. The molecule has 142 valence electrons. The maximum Gasteiger partial charge on any atom is 0.325 e. The van der Waals surface area contributed by atoms with Gasteiger partial charge in [-0.3, -0.25) is 9.78 Å². The summed E-state index contributed by atoms with van der Waals surface area (Å²) in [4.78, 5) is 27.4. The molecule has 8 nitrogen and oxygen atoms in total. The Morgan fingerprint density at radius 3 is 2.29 bits per heavy atom. The van der Waals surface area contributed by atoms with Gasteiger partial charge in [0.25, 0.3) is 0 Å². The van der Waals surface area contributed by atoms with Gasteiger partial charge in [0, 0.05) is 6.54 Å². The van der Waals surface area contributed by atoms with Gasteiger partial charge in [0.2, 0.25) is 11.8 Å². The van der Waals surface area contributed by atoms with Crippen molar-refractivity contribution in [1.29, 1.82) is 5.26 Å². The van der Waals surface area contributed by atoms with E-state index in [0.29, 0.717) is 30.0 Å². The second-order valence-electron chi connectivity index (χ2n) is 6.07. The summed E-state index contributed by atoms with van der Waals surface area (Å²) in [6.07, 6.45) is 0.514. The SMILES string of the molecule is N#Cc1ccc(Oc2ccc(CCNC(=O)Cc3[nH]c(=O)[nH]c3O)cc2)cc1. The standard InChI is InChI=1S/C20H18N4O4/c21-12-14-3-7-16(8-4-14)28-15-5-1-13(2-6-15)9-10-22-18(25)11-17-19(26)24-20(27)23-17/h1-8,26H,9-11H2,(H,22,25)(H2,23,24,27). The number of nitriles is 1. The summed E-state index contributed by atoms with van der Waals surface area (Å²) < 4.78 is 5.72. The fourth-order valence-electron chi connectivity index (χ4n) is 2.57. The number of imidazole rings is 1. The summed E-state index contributed by atoms with van der Waals surface area (Å²) in [7, 11) is 0. The molecule has 1 aromatic heterocycles. The number of amides is 1. The zero-order valence-electron chi connectivity index (χ0n) is 14.9. The lowest BCUT2D eigenvalue weighted by Crippen LogP contribution is -2.27. The van der Waals surface area contributed by atoms with E-state index < -0.39 is 5.69 Å². The number of carbonyl (C=O) groups excluding carboxylic acids is 1. The number of benzene rings is 2. The molecule has 0 aliphatic carbocycles. The zero-order chi connectivity index (χ0) is 19.9. The number of aromatic amines is 2. The van der Waals surface area contributed by atoms with Gasteiger partial charge in [0.05, 0.1) is 23.7 Å². The van der Waals surface area contributed by atoms with E-state index in [4.69, 9.17) is 10.00 Å². The summed E-state index contributed by atoms with van der Waals surface area (Å²) in [6.45, 7) is 0.421. The topological polar surface area (TPSA) is 131 Å². The van der Waals surface area contributed by atoms with Crippen LogP contribution in [0.25, 0.3) is 0 Å². The number of carbonyl (C=O) groups is 1. The van der Waals surface area contributed by atoms with E-state index in [2.05, 4.69) is 21.4 Å². The fourth-order valence-corrected chi connectivity index (χ4v) is 2.57. The molecule has 0 aliphatic heterocycles. The Labute approximate surface area is 160 Å². The van der Waals surface area contributed by atoms with Crippen LogP contribution in [0.5, 0.6) is 17.4 Å². The van der Waals surface area contributed by atoms with E-state index in [-0.39, 0.29) is 23.9 Å². The molecular formula is C20H18N4O4. The molecule has 0 saturated heterocycles. The number of rotatable bonds is 7. The van der Waals surface area contributed by atoms with Crippen molar-refractivity contribution in [2.24, 2.45) is 0 Å². The molecule has 0 saturated carbocycles. The highest BCUT2D eigenvalue weighted by molar-refractivity contribution is 5.78. The zero-order valence-corrected chi connectivity index (χ0v) is 14.9. The molecule has 1 heterocycles. The number of aromatic nitrogens is 2. The van der Waals surface area contributed by atoms with Gasteiger partial charge >= 0.3 is 5.69 Å². The number of ether oxygens (including phenoxy) is 1. The van der Waals surface area contributed by atoms with Gasteiger partial charge in [0.1, 0.15) is 11.5 Å². The Hall–Kier alpha value is -3.99. The minimum atomic E-state index is -0.552. The molecule has 0 spiro atoms. The highest BCUT2D eigenvalue weighted by Crippen LogP contribution is 2.22. The number of H-pyrrole nitrogens is 2. The highest BCUT2D eigenvalue weighted by Gasteiger charge is 2.10. The molecular weight excluding hydrogens is 360 g/mol. The van der Waals surface area contributed by atoms with Crippen molar-refractivity contribution >= 4 is 5.91 Å². The van der Waals surface area contributed by atoms with E-state index in [1.165, 1.54) is 0 Å². The number of nitrogens with zero attached hydrogens (tertiary/aromatic N) is 1. The molecule has 4 N–H and O–H groups in total. The van der Waals surface area contributed by atoms with E-state index in [1.54, 1.807) is 24.3 Å². The molecule has 0 unspecified atom stereocenters. The van der Waals surface area contributed by atoms with Crippen LogP contribution >= 0.6 is 0 Å². The summed E-state index contributed by atoms with van der Waals surface area (Å²) >= 11 is 0. The molecule has 8 heteroatoms. The Morgan fingerprint density at radius 1 is 1.07 bits per heavy atom. The van der Waals surface area contributed by atoms with Crippen molar-refractivity contribution in [1.82, 2.24) is 15.3 Å². The number of hydrogen-bond donors (Lipinski definition) is 4. The molecule has 0 radical (unpaired) electrons. The van der Waals surface area contributed by atoms with E-state index in [0.717, 1.165) is 5.56 Å². The van der Waals surface area contributed by atoms with E-state index >= 15 is 0 Å². The van der Waals surface area contributed by atoms with Crippen molar-refractivity contribution < 1.29 is 14.6 Å². The second-order valence-corrected chi connectivity index (χ2v) is 6.07. The first-order valence-corrected chi connectivity index (χ1v) is 8.57. The normalized spacial score (nSPS) is 10.2. The molecule has 2 aromatic carbocycles. The summed E-state index contributed by atoms with van der Waals surface area (Å²) in [5, 5.41) is 21.0. The molecule has 0 fully saturated rings. The molecule has 0 atom stereocenters. The fraction of sp³-hybridized carbons (Fsp3) is 0.150. The van der Waals surface area contributed by atoms with Crippen LogP contribution in [0.3, 0.4) is 0 Å². The van der Waals surface area contributed by atoms with Crippen LogP contribution in [0.2, 0.25) is 0 Å². The smallest absolute Gasteiger partial charge is 0.325 e. The third-order valence-electron chi connectivity index (χ3n) is 4.00. The van der Waals surface area contributed by atoms with Gasteiger partial charge in [-0.2, -0.15) is 5.26 Å². The van der Waals surface area contributed by atoms with E-state index in [9.17, 15) is 14.7 Å². The van der Waals surface area contributed by atoms with Gasteiger partial charge in [-0.05, 0) is 48.4 Å². The number of aromatic hydroxyl groups is 1. The average Bonchev–Trinajstić information content (AvgIpc) is 3.00. The summed E-state index contributed by atoms with van der Waals surface area (Å²) in [5.74, 6) is 0.693. The van der Waals surface area contributed by atoms with Gasteiger partial charge in [-0.1, -0.05) is 12.1 Å². The lowest BCUT2D eigenvalue weighted by Gasteiger charge is -2.08. The first-order chi connectivity index (χ1) is 13.5.